The van der Waals surface area contributed by atoms with Gasteiger partial charge in [0.1, 0.15) is 19.8 Å². The summed E-state index contributed by atoms with van der Waals surface area (Å²) < 4.78 is 34.8. The van der Waals surface area contributed by atoms with Crippen LogP contribution in [0.5, 0.6) is 0 Å². The summed E-state index contributed by atoms with van der Waals surface area (Å²) in [6.45, 7) is 4.38. The summed E-state index contributed by atoms with van der Waals surface area (Å²) >= 11 is 0. The van der Waals surface area contributed by atoms with Crippen LogP contribution < -0.4 is 0 Å². The van der Waals surface area contributed by atoms with Crippen LogP contribution in [0.3, 0.4) is 0 Å². The molecule has 0 heterocycles. The molecule has 0 bridgehead atoms. The molecule has 89 heavy (non-hydrogen) atoms. The lowest BCUT2D eigenvalue weighted by Crippen LogP contribution is -2.37. The normalized spacial score (nSPS) is 13.4. The van der Waals surface area contributed by atoms with Gasteiger partial charge in [0.05, 0.1) is 27.7 Å². The van der Waals surface area contributed by atoms with Crippen molar-refractivity contribution in [2.24, 2.45) is 0 Å². The minimum atomic E-state index is -4.39. The van der Waals surface area contributed by atoms with Crippen LogP contribution in [0.1, 0.15) is 380 Å². The molecule has 0 amide bonds. The molecule has 0 saturated carbocycles. The molecule has 0 fully saturated rings. The standard InChI is InChI=1S/C79H148NO8P/c1-6-8-10-12-14-16-18-20-22-24-26-28-30-32-34-36-37-38-39-40-41-42-44-45-47-49-51-53-55-57-59-61-63-65-67-69-71-78(81)85-75-77(76-87-89(83,84)86-74-73-80(3,4)5)88-79(82)72-70-68-66-64-62-60-58-56-54-52-50-48-46-43-35-33-31-29-27-25-23-21-19-17-15-13-11-9-7-2/h9,11,15,17,21,23,27,29,33,35,77H,6-8,10,12-14,16,18-20,22,24-26,28,30-32,34,36-76H2,1-5H3/p+1/b11-9-,17-15-,23-21-,29-27-,35-33-. The number of phosphoric ester groups is 1. The van der Waals surface area contributed by atoms with Crippen molar-refractivity contribution in [3.63, 3.8) is 0 Å². The summed E-state index contributed by atoms with van der Waals surface area (Å²) in [6.07, 6.45) is 93.6. The van der Waals surface area contributed by atoms with E-state index in [1.807, 2.05) is 21.1 Å². The number of carbonyl (C=O) groups is 2. The molecule has 0 aromatic carbocycles. The Kier molecular flexibility index (Phi) is 68.2. The van der Waals surface area contributed by atoms with E-state index in [0.29, 0.717) is 23.9 Å². The summed E-state index contributed by atoms with van der Waals surface area (Å²) in [5.41, 5.74) is 0. The van der Waals surface area contributed by atoms with Gasteiger partial charge in [0.25, 0.3) is 0 Å². The molecule has 0 aromatic rings. The van der Waals surface area contributed by atoms with Gasteiger partial charge in [0, 0.05) is 12.8 Å². The third kappa shape index (κ3) is 74.6. The number of likely N-dealkylation sites (N-methyl/N-ethyl adjacent to an activating group) is 1. The maximum Gasteiger partial charge on any atom is 0.472 e. The average molecular weight is 1270 g/mol. The second-order valence-corrected chi connectivity index (χ2v) is 28.8. The molecule has 0 radical (unpaired) electrons. The summed E-state index contributed by atoms with van der Waals surface area (Å²) in [5, 5.41) is 0. The van der Waals surface area contributed by atoms with E-state index in [9.17, 15) is 19.0 Å². The van der Waals surface area contributed by atoms with Crippen molar-refractivity contribution in [1.29, 1.82) is 0 Å². The smallest absolute Gasteiger partial charge is 0.462 e. The van der Waals surface area contributed by atoms with E-state index < -0.39 is 26.5 Å². The van der Waals surface area contributed by atoms with Crippen molar-refractivity contribution in [3.05, 3.63) is 60.8 Å². The number of ether oxygens (including phenoxy) is 2. The molecule has 10 heteroatoms. The van der Waals surface area contributed by atoms with Crippen LogP contribution in [-0.4, -0.2) is 74.9 Å². The van der Waals surface area contributed by atoms with E-state index in [4.69, 9.17) is 18.5 Å². The molecule has 0 aliphatic carbocycles. The number of quaternary nitrogens is 1. The lowest BCUT2D eigenvalue weighted by atomic mass is 10.0. The van der Waals surface area contributed by atoms with Crippen molar-refractivity contribution < 1.29 is 42.1 Å². The van der Waals surface area contributed by atoms with Crippen LogP contribution in [0.4, 0.5) is 0 Å². The van der Waals surface area contributed by atoms with Crippen LogP contribution in [0.15, 0.2) is 60.8 Å². The highest BCUT2D eigenvalue weighted by molar-refractivity contribution is 7.47. The van der Waals surface area contributed by atoms with Gasteiger partial charge in [-0.3, -0.25) is 18.6 Å². The van der Waals surface area contributed by atoms with E-state index in [1.54, 1.807) is 0 Å². The first kappa shape index (κ1) is 86.7. The Morgan fingerprint density at radius 2 is 0.640 bits per heavy atom. The summed E-state index contributed by atoms with van der Waals surface area (Å²) in [7, 11) is 1.49. The summed E-state index contributed by atoms with van der Waals surface area (Å²) in [5.74, 6) is -0.781. The number of phosphoric acid groups is 1. The number of hydrogen-bond donors (Lipinski definition) is 1. The first-order valence-electron chi connectivity index (χ1n) is 38.5. The summed E-state index contributed by atoms with van der Waals surface area (Å²) in [6, 6.07) is 0. The lowest BCUT2D eigenvalue weighted by Gasteiger charge is -2.24. The maximum atomic E-state index is 12.9. The summed E-state index contributed by atoms with van der Waals surface area (Å²) in [4.78, 5) is 35.9. The zero-order valence-corrected chi connectivity index (χ0v) is 60.6. The van der Waals surface area contributed by atoms with Crippen molar-refractivity contribution in [1.82, 2.24) is 0 Å². The number of unbranched alkanes of at least 4 members (excludes halogenated alkanes) is 48. The Labute approximate surface area is 553 Å². The van der Waals surface area contributed by atoms with E-state index >= 15 is 0 Å². The largest absolute Gasteiger partial charge is 0.472 e. The van der Waals surface area contributed by atoms with Crippen LogP contribution in [-0.2, 0) is 32.7 Å². The molecule has 0 aromatic heterocycles. The highest BCUT2D eigenvalue weighted by atomic mass is 31.2. The van der Waals surface area contributed by atoms with Crippen LogP contribution in [0, 0.1) is 0 Å². The van der Waals surface area contributed by atoms with Crippen molar-refractivity contribution in [3.8, 4) is 0 Å². The minimum absolute atomic E-state index is 0.0321. The van der Waals surface area contributed by atoms with Crippen LogP contribution in [0.25, 0.3) is 0 Å². The van der Waals surface area contributed by atoms with E-state index in [-0.39, 0.29) is 25.6 Å². The Balaban J connectivity index is 3.93. The van der Waals surface area contributed by atoms with Gasteiger partial charge in [0.15, 0.2) is 6.10 Å². The van der Waals surface area contributed by atoms with Gasteiger partial charge >= 0.3 is 19.8 Å². The highest BCUT2D eigenvalue weighted by Crippen LogP contribution is 2.43. The lowest BCUT2D eigenvalue weighted by molar-refractivity contribution is -0.870. The second kappa shape index (κ2) is 70.0. The number of esters is 2. The Bertz CT molecular complexity index is 1690. The van der Waals surface area contributed by atoms with E-state index in [1.165, 1.54) is 276 Å². The molecule has 0 saturated heterocycles. The maximum absolute atomic E-state index is 12.9. The fourth-order valence-electron chi connectivity index (χ4n) is 11.5. The monoisotopic (exact) mass is 1270 g/mol. The topological polar surface area (TPSA) is 108 Å². The quantitative estimate of drug-likeness (QED) is 0.0211. The Hall–Kier alpha value is -2.29. The average Bonchev–Trinajstić information content (AvgIpc) is 3.60. The molecule has 0 aliphatic heterocycles. The second-order valence-electron chi connectivity index (χ2n) is 27.4. The zero-order valence-electron chi connectivity index (χ0n) is 59.7. The molecule has 1 N–H and O–H groups in total. The number of rotatable bonds is 72. The predicted molar refractivity (Wildman–Crippen MR) is 386 cm³/mol. The molecule has 0 aliphatic rings. The highest BCUT2D eigenvalue weighted by Gasteiger charge is 2.27. The zero-order chi connectivity index (χ0) is 64.8. The van der Waals surface area contributed by atoms with Gasteiger partial charge in [-0.1, -0.05) is 370 Å². The Morgan fingerprint density at radius 3 is 0.955 bits per heavy atom. The number of allylic oxidation sites excluding steroid dienone is 10. The van der Waals surface area contributed by atoms with Gasteiger partial charge in [-0.15, -0.1) is 0 Å². The van der Waals surface area contributed by atoms with Crippen LogP contribution in [0.2, 0.25) is 0 Å². The number of nitrogens with zero attached hydrogens (tertiary/aromatic N) is 1. The van der Waals surface area contributed by atoms with Gasteiger partial charge in [0.2, 0.25) is 0 Å². The SMILES string of the molecule is CC/C=C\C/C=C\C/C=C\C/C=C\C/C=C\CCCCCCCCCCCCCCCC(=O)OC(COC(=O)CCCCCCCCCCCCCCCCCCCCCCCCCCCCCCCCCCCCCC)COP(=O)(O)OCC[N+](C)(C)C. The molecule has 522 valence electrons. The molecule has 2 atom stereocenters. The van der Waals surface area contributed by atoms with E-state index in [2.05, 4.69) is 74.6 Å². The molecule has 9 nitrogen and oxygen atoms in total. The molecule has 2 unspecified atom stereocenters. The van der Waals surface area contributed by atoms with Crippen LogP contribution >= 0.6 is 7.82 Å². The first-order valence-corrected chi connectivity index (χ1v) is 40.0. The fourth-order valence-corrected chi connectivity index (χ4v) is 12.2. The van der Waals surface area contributed by atoms with Gasteiger partial charge in [-0.25, -0.2) is 4.57 Å². The predicted octanol–water partition coefficient (Wildman–Crippen LogP) is 25.3. The molecular formula is C79H149NO8P+. The van der Waals surface area contributed by atoms with E-state index in [0.717, 1.165) is 70.6 Å². The molecule has 0 spiro atoms. The van der Waals surface area contributed by atoms with Crippen molar-refractivity contribution in [2.75, 3.05) is 47.5 Å². The van der Waals surface area contributed by atoms with Gasteiger partial charge in [-0.05, 0) is 57.8 Å². The molecule has 0 rings (SSSR count). The van der Waals surface area contributed by atoms with Gasteiger partial charge < -0.3 is 18.9 Å². The fraction of sp³-hybridized carbons (Fsp3) is 0.848. The third-order valence-electron chi connectivity index (χ3n) is 17.3. The third-order valence-corrected chi connectivity index (χ3v) is 18.3. The van der Waals surface area contributed by atoms with Crippen molar-refractivity contribution in [2.45, 2.75) is 386 Å². The van der Waals surface area contributed by atoms with Crippen molar-refractivity contribution >= 4 is 19.8 Å². The Morgan fingerprint density at radius 1 is 0.360 bits per heavy atom. The molecular weight excluding hydrogens is 1120 g/mol. The number of carbonyl (C=O) groups excluding carboxylic acids is 2. The first-order chi connectivity index (χ1) is 43.5. The van der Waals surface area contributed by atoms with Gasteiger partial charge in [-0.2, -0.15) is 0 Å². The number of hydrogen-bond acceptors (Lipinski definition) is 7. The minimum Gasteiger partial charge on any atom is -0.462 e.